The summed E-state index contributed by atoms with van der Waals surface area (Å²) in [5, 5.41) is -0.0635. The monoisotopic (exact) mass is 350 g/mol. The maximum atomic E-state index is 13.1. The summed E-state index contributed by atoms with van der Waals surface area (Å²) in [6, 6.07) is 8.81. The van der Waals surface area contributed by atoms with Gasteiger partial charge >= 0.3 is 0 Å². The van der Waals surface area contributed by atoms with Gasteiger partial charge in [-0.25, -0.2) is 8.78 Å². The lowest BCUT2D eigenvalue weighted by atomic mass is 10.0. The Kier molecular flexibility index (Phi) is 4.25. The molecule has 0 aliphatic carbocycles. The average Bonchev–Trinajstić information content (AvgIpc) is 2.35. The Morgan fingerprint density at radius 2 is 1.56 bits per heavy atom. The summed E-state index contributed by atoms with van der Waals surface area (Å²) >= 11 is 15.5. The van der Waals surface area contributed by atoms with Gasteiger partial charge < -0.3 is 0 Å². The Morgan fingerprint density at radius 1 is 0.944 bits per heavy atom. The Morgan fingerprint density at radius 3 is 2.17 bits per heavy atom. The first-order chi connectivity index (χ1) is 8.49. The second-order valence-electron chi connectivity index (χ2n) is 3.71. The molecule has 0 radical (unpaired) electrons. The number of rotatable bonds is 2. The zero-order valence-corrected chi connectivity index (χ0v) is 12.0. The smallest absolute Gasteiger partial charge is 0.159 e. The van der Waals surface area contributed by atoms with E-state index in [1.807, 2.05) is 0 Å². The third kappa shape index (κ3) is 2.85. The van der Waals surface area contributed by atoms with Crippen molar-refractivity contribution in [3.8, 4) is 0 Å². The Bertz CT molecular complexity index is 536. The molecule has 0 aliphatic rings. The molecule has 0 amide bonds. The highest BCUT2D eigenvalue weighted by atomic mass is 79.9. The highest BCUT2D eigenvalue weighted by molar-refractivity contribution is 9.10. The van der Waals surface area contributed by atoms with E-state index in [0.29, 0.717) is 10.6 Å². The van der Waals surface area contributed by atoms with E-state index in [1.165, 1.54) is 6.07 Å². The fraction of sp³-hybridized carbons (Fsp3) is 0.0769. The van der Waals surface area contributed by atoms with Crippen molar-refractivity contribution in [2.75, 3.05) is 0 Å². The van der Waals surface area contributed by atoms with Gasteiger partial charge in [0.2, 0.25) is 0 Å². The van der Waals surface area contributed by atoms with Gasteiger partial charge in [-0.2, -0.15) is 0 Å². The SMILES string of the molecule is Fc1ccc(C(Cl)c2ccc(Br)c(Cl)c2)cc1F. The summed E-state index contributed by atoms with van der Waals surface area (Å²) < 4.78 is 26.7. The van der Waals surface area contributed by atoms with Crippen LogP contribution in [-0.4, -0.2) is 0 Å². The third-order valence-electron chi connectivity index (χ3n) is 2.47. The number of alkyl halides is 1. The van der Waals surface area contributed by atoms with Gasteiger partial charge in [-0.15, -0.1) is 11.6 Å². The summed E-state index contributed by atoms with van der Waals surface area (Å²) in [7, 11) is 0. The van der Waals surface area contributed by atoms with Gasteiger partial charge in [0.25, 0.3) is 0 Å². The van der Waals surface area contributed by atoms with Crippen molar-refractivity contribution in [3.05, 3.63) is 68.7 Å². The largest absolute Gasteiger partial charge is 0.204 e. The van der Waals surface area contributed by atoms with Crippen LogP contribution in [0.2, 0.25) is 5.02 Å². The number of hydrogen-bond acceptors (Lipinski definition) is 0. The molecular weight excluding hydrogens is 345 g/mol. The fourth-order valence-electron chi connectivity index (χ4n) is 1.53. The molecule has 0 saturated carbocycles. The van der Waals surface area contributed by atoms with Crippen molar-refractivity contribution in [3.63, 3.8) is 0 Å². The second kappa shape index (κ2) is 5.55. The molecule has 0 fully saturated rings. The zero-order chi connectivity index (χ0) is 13.3. The second-order valence-corrected chi connectivity index (χ2v) is 5.41. The molecule has 18 heavy (non-hydrogen) atoms. The summed E-state index contributed by atoms with van der Waals surface area (Å²) in [6.07, 6.45) is 0. The molecule has 0 aromatic heterocycles. The topological polar surface area (TPSA) is 0 Å². The van der Waals surface area contributed by atoms with Crippen LogP contribution < -0.4 is 0 Å². The first-order valence-corrected chi connectivity index (χ1v) is 6.63. The van der Waals surface area contributed by atoms with Crippen molar-refractivity contribution in [2.24, 2.45) is 0 Å². The first-order valence-electron chi connectivity index (χ1n) is 5.03. The first kappa shape index (κ1) is 13.8. The molecule has 1 atom stereocenters. The minimum Gasteiger partial charge on any atom is -0.204 e. The van der Waals surface area contributed by atoms with Gasteiger partial charge in [-0.05, 0) is 51.3 Å². The van der Waals surface area contributed by atoms with Crippen LogP contribution in [0.3, 0.4) is 0 Å². The number of halogens is 5. The number of benzene rings is 2. The molecular formula is C13H7BrCl2F2. The van der Waals surface area contributed by atoms with E-state index >= 15 is 0 Å². The molecule has 0 nitrogen and oxygen atoms in total. The summed E-state index contributed by atoms with van der Waals surface area (Å²) in [5.74, 6) is -1.81. The molecule has 0 aliphatic heterocycles. The van der Waals surface area contributed by atoms with Crippen molar-refractivity contribution >= 4 is 39.1 Å². The van der Waals surface area contributed by atoms with Crippen molar-refractivity contribution < 1.29 is 8.78 Å². The normalized spacial score (nSPS) is 12.5. The number of hydrogen-bond donors (Lipinski definition) is 0. The molecule has 0 N–H and O–H groups in total. The van der Waals surface area contributed by atoms with Crippen LogP contribution in [0.5, 0.6) is 0 Å². The van der Waals surface area contributed by atoms with Crippen LogP contribution in [0.15, 0.2) is 40.9 Å². The minimum atomic E-state index is -0.915. The van der Waals surface area contributed by atoms with Crippen molar-refractivity contribution in [2.45, 2.75) is 5.38 Å². The van der Waals surface area contributed by atoms with Gasteiger partial charge in [0.05, 0.1) is 10.4 Å². The van der Waals surface area contributed by atoms with Crippen molar-refractivity contribution in [1.29, 1.82) is 0 Å². The molecule has 0 bridgehead atoms. The quantitative estimate of drug-likeness (QED) is 0.608. The zero-order valence-electron chi connectivity index (χ0n) is 8.93. The predicted molar refractivity (Wildman–Crippen MR) is 73.2 cm³/mol. The summed E-state index contributed by atoms with van der Waals surface area (Å²) in [6.45, 7) is 0. The minimum absolute atomic E-state index is 0.481. The molecule has 94 valence electrons. The van der Waals surface area contributed by atoms with Crippen LogP contribution in [0.4, 0.5) is 8.78 Å². The van der Waals surface area contributed by atoms with E-state index in [0.717, 1.165) is 22.2 Å². The van der Waals surface area contributed by atoms with Crippen LogP contribution in [-0.2, 0) is 0 Å². The van der Waals surface area contributed by atoms with Gasteiger partial charge in [0.1, 0.15) is 0 Å². The van der Waals surface area contributed by atoms with E-state index in [4.69, 9.17) is 23.2 Å². The molecule has 1 unspecified atom stereocenters. The van der Waals surface area contributed by atoms with Crippen LogP contribution >= 0.6 is 39.1 Å². The maximum absolute atomic E-state index is 13.1. The lowest BCUT2D eigenvalue weighted by Gasteiger charge is -2.11. The summed E-state index contributed by atoms with van der Waals surface area (Å²) in [4.78, 5) is 0. The Hall–Kier alpha value is -0.640. The van der Waals surface area contributed by atoms with E-state index in [2.05, 4.69) is 15.9 Å². The molecule has 2 aromatic carbocycles. The molecule has 2 rings (SSSR count). The van der Waals surface area contributed by atoms with Gasteiger partial charge in [-0.3, -0.25) is 0 Å². The summed E-state index contributed by atoms with van der Waals surface area (Å²) in [5.41, 5.74) is 1.20. The van der Waals surface area contributed by atoms with Crippen molar-refractivity contribution in [1.82, 2.24) is 0 Å². The van der Waals surface area contributed by atoms with E-state index < -0.39 is 17.0 Å². The highest BCUT2D eigenvalue weighted by Gasteiger charge is 2.14. The molecule has 0 heterocycles. The lowest BCUT2D eigenvalue weighted by molar-refractivity contribution is 0.507. The average molecular weight is 352 g/mol. The van der Waals surface area contributed by atoms with Gasteiger partial charge in [0, 0.05) is 4.47 Å². The van der Waals surface area contributed by atoms with Crippen LogP contribution in [0.1, 0.15) is 16.5 Å². The van der Waals surface area contributed by atoms with Gasteiger partial charge in [-0.1, -0.05) is 23.7 Å². The molecule has 0 spiro atoms. The highest BCUT2D eigenvalue weighted by Crippen LogP contribution is 2.33. The molecule has 0 saturated heterocycles. The van der Waals surface area contributed by atoms with E-state index in [9.17, 15) is 8.78 Å². The lowest BCUT2D eigenvalue weighted by Crippen LogP contribution is -1.95. The molecule has 5 heteroatoms. The maximum Gasteiger partial charge on any atom is 0.159 e. The standard InChI is InChI=1S/C13H7BrCl2F2/c14-9-3-1-7(5-10(9)15)13(16)8-2-4-11(17)12(18)6-8/h1-6,13H. The Labute approximate surface area is 122 Å². The fourth-order valence-corrected chi connectivity index (χ4v) is 2.24. The van der Waals surface area contributed by atoms with E-state index in [-0.39, 0.29) is 0 Å². The predicted octanol–water partition coefficient (Wildman–Crippen LogP) is 5.71. The van der Waals surface area contributed by atoms with Crippen LogP contribution in [0.25, 0.3) is 0 Å². The van der Waals surface area contributed by atoms with E-state index in [1.54, 1.807) is 18.2 Å². The third-order valence-corrected chi connectivity index (χ3v) is 4.21. The van der Waals surface area contributed by atoms with Gasteiger partial charge in [0.15, 0.2) is 11.6 Å². The van der Waals surface area contributed by atoms with Crippen LogP contribution in [0, 0.1) is 11.6 Å². The molecule has 2 aromatic rings. The Balaban J connectivity index is 2.37.